The molecule has 2 N–H and O–H groups in total. The molecule has 1 aromatic carbocycles. The first-order valence-corrected chi connectivity index (χ1v) is 9.55. The standard InChI is InChI=1S/C22H24N4O2/c1-14(2)21(28)18-10-23-22-20(18)25-19(11-24-22)16-6-3-5-15(9-16)12-26-8-4-7-17(26)13-27/h3,5-6,9-11,17,27H,1,4,7-8,12-13H2,2H3,(H,23,24)/t17-/m1/s1. The lowest BCUT2D eigenvalue weighted by Crippen LogP contribution is -2.31. The number of nitrogens with zero attached hydrogens (tertiary/aromatic N) is 3. The monoisotopic (exact) mass is 376 g/mol. The SMILES string of the molecule is C=C(C)C(=O)c1c[nH]c2ncc(-c3cccc(CN4CCC[C@@H]4CO)c3)nc12. The van der Waals surface area contributed by atoms with Gasteiger partial charge in [0.2, 0.25) is 0 Å². The summed E-state index contributed by atoms with van der Waals surface area (Å²) in [4.78, 5) is 26.8. The number of carbonyl (C=O) groups excluding carboxylic acids is 1. The summed E-state index contributed by atoms with van der Waals surface area (Å²) in [5.74, 6) is -0.129. The van der Waals surface area contributed by atoms with Gasteiger partial charge in [0.1, 0.15) is 5.52 Å². The van der Waals surface area contributed by atoms with E-state index in [9.17, 15) is 9.90 Å². The number of aromatic amines is 1. The van der Waals surface area contributed by atoms with Crippen LogP contribution in [-0.4, -0.2) is 49.9 Å². The Hall–Kier alpha value is -2.83. The Balaban J connectivity index is 1.65. The summed E-state index contributed by atoms with van der Waals surface area (Å²) in [6.07, 6.45) is 5.54. The first-order chi connectivity index (χ1) is 13.6. The van der Waals surface area contributed by atoms with Crippen LogP contribution in [0.5, 0.6) is 0 Å². The molecule has 0 bridgehead atoms. The number of aromatic nitrogens is 3. The molecule has 6 nitrogen and oxygen atoms in total. The summed E-state index contributed by atoms with van der Waals surface area (Å²) >= 11 is 0. The Kier molecular flexibility index (Phi) is 5.07. The second-order valence-electron chi connectivity index (χ2n) is 7.41. The molecule has 3 heterocycles. The number of aliphatic hydroxyl groups excluding tert-OH is 1. The molecule has 1 fully saturated rings. The number of aliphatic hydroxyl groups is 1. The number of H-pyrrole nitrogens is 1. The number of hydrogen-bond donors (Lipinski definition) is 2. The van der Waals surface area contributed by atoms with E-state index in [1.165, 1.54) is 5.56 Å². The highest BCUT2D eigenvalue weighted by molar-refractivity contribution is 6.14. The van der Waals surface area contributed by atoms with Crippen molar-refractivity contribution in [3.8, 4) is 11.3 Å². The number of likely N-dealkylation sites (tertiary alicyclic amines) is 1. The fourth-order valence-electron chi connectivity index (χ4n) is 3.81. The van der Waals surface area contributed by atoms with Crippen LogP contribution >= 0.6 is 0 Å². The van der Waals surface area contributed by atoms with Crippen molar-refractivity contribution in [3.63, 3.8) is 0 Å². The minimum atomic E-state index is -0.129. The van der Waals surface area contributed by atoms with Gasteiger partial charge >= 0.3 is 0 Å². The van der Waals surface area contributed by atoms with E-state index >= 15 is 0 Å². The number of carbonyl (C=O) groups is 1. The van der Waals surface area contributed by atoms with Crippen LogP contribution in [0.15, 0.2) is 48.8 Å². The Morgan fingerprint density at radius 2 is 2.29 bits per heavy atom. The molecule has 4 rings (SSSR count). The van der Waals surface area contributed by atoms with Gasteiger partial charge in [-0.1, -0.05) is 24.8 Å². The molecule has 28 heavy (non-hydrogen) atoms. The zero-order valence-electron chi connectivity index (χ0n) is 16.0. The van der Waals surface area contributed by atoms with Crippen molar-refractivity contribution >= 4 is 16.9 Å². The molecule has 0 spiro atoms. The van der Waals surface area contributed by atoms with Gasteiger partial charge in [-0.15, -0.1) is 0 Å². The van der Waals surface area contributed by atoms with Gasteiger partial charge in [0, 0.05) is 24.3 Å². The van der Waals surface area contributed by atoms with Crippen LogP contribution in [0.4, 0.5) is 0 Å². The third-order valence-corrected chi connectivity index (χ3v) is 5.33. The predicted molar refractivity (Wildman–Crippen MR) is 109 cm³/mol. The van der Waals surface area contributed by atoms with Gasteiger partial charge < -0.3 is 10.1 Å². The molecule has 0 aliphatic carbocycles. The van der Waals surface area contributed by atoms with E-state index in [4.69, 9.17) is 4.98 Å². The normalized spacial score (nSPS) is 17.3. The molecular weight excluding hydrogens is 352 g/mol. The molecular formula is C22H24N4O2. The van der Waals surface area contributed by atoms with Crippen molar-refractivity contribution in [3.05, 3.63) is 59.9 Å². The number of nitrogens with one attached hydrogen (secondary N) is 1. The fourth-order valence-corrected chi connectivity index (χ4v) is 3.81. The molecule has 0 unspecified atom stereocenters. The molecule has 0 radical (unpaired) electrons. The van der Waals surface area contributed by atoms with Crippen molar-refractivity contribution in [1.82, 2.24) is 19.9 Å². The van der Waals surface area contributed by atoms with Gasteiger partial charge in [-0.05, 0) is 43.5 Å². The van der Waals surface area contributed by atoms with Crippen molar-refractivity contribution < 1.29 is 9.90 Å². The molecule has 2 aromatic heterocycles. The molecule has 3 aromatic rings. The van der Waals surface area contributed by atoms with Crippen molar-refractivity contribution in [2.75, 3.05) is 13.2 Å². The molecule has 144 valence electrons. The molecule has 1 atom stereocenters. The largest absolute Gasteiger partial charge is 0.395 e. The second kappa shape index (κ2) is 7.66. The summed E-state index contributed by atoms with van der Waals surface area (Å²) in [6, 6.07) is 8.46. The number of rotatable bonds is 6. The second-order valence-corrected chi connectivity index (χ2v) is 7.41. The van der Waals surface area contributed by atoms with E-state index in [0.717, 1.165) is 37.2 Å². The Morgan fingerprint density at radius 3 is 3.07 bits per heavy atom. The Bertz CT molecular complexity index is 1040. The van der Waals surface area contributed by atoms with Crippen molar-refractivity contribution in [2.45, 2.75) is 32.4 Å². The van der Waals surface area contributed by atoms with E-state index in [1.807, 2.05) is 12.1 Å². The molecule has 0 amide bonds. The molecule has 1 saturated heterocycles. The number of allylic oxidation sites excluding steroid dienone is 1. The van der Waals surface area contributed by atoms with E-state index in [2.05, 4.69) is 33.6 Å². The van der Waals surface area contributed by atoms with Crippen LogP contribution in [0, 0.1) is 0 Å². The fraction of sp³-hybridized carbons (Fsp3) is 0.318. The molecule has 6 heteroatoms. The van der Waals surface area contributed by atoms with Crippen LogP contribution in [-0.2, 0) is 6.54 Å². The van der Waals surface area contributed by atoms with Gasteiger partial charge in [0.15, 0.2) is 11.4 Å². The van der Waals surface area contributed by atoms with Crippen LogP contribution < -0.4 is 0 Å². The van der Waals surface area contributed by atoms with E-state index < -0.39 is 0 Å². The molecule has 1 aliphatic heterocycles. The van der Waals surface area contributed by atoms with Crippen LogP contribution in [0.25, 0.3) is 22.4 Å². The Labute approximate surface area is 163 Å². The number of fused-ring (bicyclic) bond motifs is 1. The predicted octanol–water partition coefficient (Wildman–Crippen LogP) is 3.34. The van der Waals surface area contributed by atoms with Crippen molar-refractivity contribution in [1.29, 1.82) is 0 Å². The number of benzene rings is 1. The maximum Gasteiger partial charge on any atom is 0.191 e. The highest BCUT2D eigenvalue weighted by Gasteiger charge is 2.23. The Morgan fingerprint density at radius 1 is 1.43 bits per heavy atom. The third kappa shape index (κ3) is 3.48. The number of ketones is 1. The van der Waals surface area contributed by atoms with Gasteiger partial charge in [-0.3, -0.25) is 9.69 Å². The quantitative estimate of drug-likeness (QED) is 0.509. The minimum Gasteiger partial charge on any atom is -0.395 e. The first kappa shape index (κ1) is 18.5. The minimum absolute atomic E-state index is 0.129. The zero-order chi connectivity index (χ0) is 19.7. The van der Waals surface area contributed by atoms with Gasteiger partial charge in [-0.25, -0.2) is 9.97 Å². The molecule has 1 aliphatic rings. The van der Waals surface area contributed by atoms with E-state index in [1.54, 1.807) is 19.3 Å². The number of hydrogen-bond acceptors (Lipinski definition) is 5. The smallest absolute Gasteiger partial charge is 0.191 e. The van der Waals surface area contributed by atoms with Crippen LogP contribution in [0.2, 0.25) is 0 Å². The van der Waals surface area contributed by atoms with Gasteiger partial charge in [-0.2, -0.15) is 0 Å². The maximum absolute atomic E-state index is 12.4. The lowest BCUT2D eigenvalue weighted by atomic mass is 10.1. The molecule has 0 saturated carbocycles. The summed E-state index contributed by atoms with van der Waals surface area (Å²) < 4.78 is 0. The number of Topliss-reactive ketones (excluding diaryl/α,β-unsaturated/α-hetero) is 1. The average Bonchev–Trinajstić information content (AvgIpc) is 3.33. The van der Waals surface area contributed by atoms with Crippen LogP contribution in [0.3, 0.4) is 0 Å². The average molecular weight is 376 g/mol. The van der Waals surface area contributed by atoms with E-state index in [-0.39, 0.29) is 18.4 Å². The summed E-state index contributed by atoms with van der Waals surface area (Å²) in [6.45, 7) is 7.45. The highest BCUT2D eigenvalue weighted by atomic mass is 16.3. The van der Waals surface area contributed by atoms with Crippen molar-refractivity contribution in [2.24, 2.45) is 0 Å². The summed E-state index contributed by atoms with van der Waals surface area (Å²) in [5, 5.41) is 9.54. The lowest BCUT2D eigenvalue weighted by Gasteiger charge is -2.22. The third-order valence-electron chi connectivity index (χ3n) is 5.33. The first-order valence-electron chi connectivity index (χ1n) is 9.55. The van der Waals surface area contributed by atoms with Gasteiger partial charge in [0.25, 0.3) is 0 Å². The van der Waals surface area contributed by atoms with Crippen LogP contribution in [0.1, 0.15) is 35.7 Å². The highest BCUT2D eigenvalue weighted by Crippen LogP contribution is 2.25. The topological polar surface area (TPSA) is 82.1 Å². The summed E-state index contributed by atoms with van der Waals surface area (Å²) in [5.41, 5.74) is 4.98. The zero-order valence-corrected chi connectivity index (χ0v) is 16.0. The summed E-state index contributed by atoms with van der Waals surface area (Å²) in [7, 11) is 0. The lowest BCUT2D eigenvalue weighted by molar-refractivity contribution is 0.103. The van der Waals surface area contributed by atoms with Gasteiger partial charge in [0.05, 0.1) is 24.1 Å². The maximum atomic E-state index is 12.4. The van der Waals surface area contributed by atoms with E-state index in [0.29, 0.717) is 22.3 Å².